The molecule has 1 aromatic rings. The lowest BCUT2D eigenvalue weighted by Crippen LogP contribution is -2.30. The van der Waals surface area contributed by atoms with Crippen molar-refractivity contribution in [2.24, 2.45) is 0 Å². The Bertz CT molecular complexity index is 390. The smallest absolute Gasteiger partial charge is 0.186 e. The molecule has 0 aliphatic carbocycles. The Kier molecular flexibility index (Phi) is 7.58. The van der Waals surface area contributed by atoms with Crippen LogP contribution in [0.5, 0.6) is 0 Å². The number of anilines is 1. The van der Waals surface area contributed by atoms with Gasteiger partial charge in [0.05, 0.1) is 0 Å². The molecule has 0 radical (unpaired) electrons. The van der Waals surface area contributed by atoms with Crippen LogP contribution in [-0.2, 0) is 4.43 Å². The van der Waals surface area contributed by atoms with E-state index >= 15 is 0 Å². The molecule has 1 aromatic carbocycles. The number of benzene rings is 1. The molecule has 20 heavy (non-hydrogen) atoms. The van der Waals surface area contributed by atoms with Crippen LogP contribution >= 0.6 is 0 Å². The molecule has 0 bridgehead atoms. The average molecular weight is 292 g/mol. The monoisotopic (exact) mass is 292 g/mol. The largest absolute Gasteiger partial charge is 0.420 e. The summed E-state index contributed by atoms with van der Waals surface area (Å²) >= 11 is 0. The van der Waals surface area contributed by atoms with E-state index in [0.29, 0.717) is 0 Å². The van der Waals surface area contributed by atoms with Gasteiger partial charge in [-0.3, -0.25) is 0 Å². The zero-order valence-electron chi connectivity index (χ0n) is 13.0. The number of hydrogen-bond acceptors (Lipinski definition) is 3. The van der Waals surface area contributed by atoms with Crippen molar-refractivity contribution in [1.82, 2.24) is 5.32 Å². The molecule has 112 valence electrons. The van der Waals surface area contributed by atoms with Crippen LogP contribution in [0.15, 0.2) is 30.8 Å². The highest BCUT2D eigenvalue weighted by molar-refractivity contribution is 6.71. The minimum atomic E-state index is -1.37. The van der Waals surface area contributed by atoms with Gasteiger partial charge in [-0.15, -0.1) is 0 Å². The Hall–Kier alpha value is -1.10. The minimum absolute atomic E-state index is 0.943. The van der Waals surface area contributed by atoms with Crippen LogP contribution in [0.25, 0.3) is 6.08 Å². The van der Waals surface area contributed by atoms with Crippen molar-refractivity contribution < 1.29 is 4.43 Å². The first-order valence-corrected chi connectivity index (χ1v) is 10.4. The van der Waals surface area contributed by atoms with Crippen LogP contribution in [-0.4, -0.2) is 35.1 Å². The summed E-state index contributed by atoms with van der Waals surface area (Å²) in [6.45, 7) is 11.3. The molecule has 0 unspecified atom stereocenters. The summed E-state index contributed by atoms with van der Waals surface area (Å²) in [5.74, 6) is 0. The van der Waals surface area contributed by atoms with Gasteiger partial charge in [-0.25, -0.2) is 0 Å². The molecule has 0 amide bonds. The molecule has 1 rings (SSSR count). The Labute approximate surface area is 124 Å². The molecule has 0 aliphatic heterocycles. The molecule has 0 saturated carbocycles. The predicted octanol–water partition coefficient (Wildman–Crippen LogP) is 3.57. The van der Waals surface area contributed by atoms with Crippen molar-refractivity contribution in [1.29, 1.82) is 0 Å². The van der Waals surface area contributed by atoms with Gasteiger partial charge in [-0.2, -0.15) is 0 Å². The van der Waals surface area contributed by atoms with Crippen molar-refractivity contribution in [3.63, 3.8) is 0 Å². The van der Waals surface area contributed by atoms with E-state index in [9.17, 15) is 0 Å². The molecule has 0 fully saturated rings. The van der Waals surface area contributed by atoms with E-state index in [0.717, 1.165) is 30.9 Å². The maximum atomic E-state index is 5.53. The standard InChI is InChI=1S/C16H28N2OSi/c1-5-15-7-9-16(10-8-15)18-13-12-17-11-6-14-20(3,4)19-2/h5,7-10,17-18H,1,6,11-14H2,2-4H3. The molecule has 0 saturated heterocycles. The van der Waals surface area contributed by atoms with E-state index in [1.165, 1.54) is 12.5 Å². The Balaban J connectivity index is 2.06. The zero-order valence-corrected chi connectivity index (χ0v) is 14.0. The van der Waals surface area contributed by atoms with E-state index in [2.05, 4.69) is 54.6 Å². The molecule has 0 heterocycles. The molecule has 0 aromatic heterocycles. The first-order valence-electron chi connectivity index (χ1n) is 7.29. The van der Waals surface area contributed by atoms with Gasteiger partial charge in [0.15, 0.2) is 8.32 Å². The first-order chi connectivity index (χ1) is 9.57. The molecule has 0 spiro atoms. The number of hydrogen-bond donors (Lipinski definition) is 2. The van der Waals surface area contributed by atoms with Crippen LogP contribution in [0.2, 0.25) is 19.1 Å². The van der Waals surface area contributed by atoms with Gasteiger partial charge in [0, 0.05) is 25.9 Å². The van der Waals surface area contributed by atoms with Crippen LogP contribution in [0, 0.1) is 0 Å². The second kappa shape index (κ2) is 8.95. The Morgan fingerprint density at radius 3 is 2.45 bits per heavy atom. The fraction of sp³-hybridized carbons (Fsp3) is 0.500. The van der Waals surface area contributed by atoms with Gasteiger partial charge in [0.2, 0.25) is 0 Å². The summed E-state index contributed by atoms with van der Waals surface area (Å²) in [5.41, 5.74) is 2.31. The minimum Gasteiger partial charge on any atom is -0.420 e. The third kappa shape index (κ3) is 6.89. The van der Waals surface area contributed by atoms with Gasteiger partial charge in [0.1, 0.15) is 0 Å². The van der Waals surface area contributed by atoms with Crippen LogP contribution in [0.3, 0.4) is 0 Å². The van der Waals surface area contributed by atoms with E-state index in [4.69, 9.17) is 4.43 Å². The van der Waals surface area contributed by atoms with Crippen molar-refractivity contribution in [3.05, 3.63) is 36.4 Å². The Morgan fingerprint density at radius 1 is 1.15 bits per heavy atom. The third-order valence-electron chi connectivity index (χ3n) is 3.46. The average Bonchev–Trinajstić information content (AvgIpc) is 2.47. The number of nitrogens with one attached hydrogen (secondary N) is 2. The topological polar surface area (TPSA) is 33.3 Å². The summed E-state index contributed by atoms with van der Waals surface area (Å²) in [6, 6.07) is 9.53. The molecule has 2 N–H and O–H groups in total. The summed E-state index contributed by atoms with van der Waals surface area (Å²) in [6.07, 6.45) is 3.05. The summed E-state index contributed by atoms with van der Waals surface area (Å²) < 4.78 is 5.53. The maximum Gasteiger partial charge on any atom is 0.186 e. The van der Waals surface area contributed by atoms with Gasteiger partial charge in [-0.05, 0) is 49.8 Å². The molecule has 4 heteroatoms. The van der Waals surface area contributed by atoms with Crippen molar-refractivity contribution in [2.75, 3.05) is 32.1 Å². The second-order valence-electron chi connectivity index (χ2n) is 5.57. The third-order valence-corrected chi connectivity index (χ3v) is 6.13. The molecule has 3 nitrogen and oxygen atoms in total. The lowest BCUT2D eigenvalue weighted by molar-refractivity contribution is 0.401. The fourth-order valence-corrected chi connectivity index (χ4v) is 3.13. The van der Waals surface area contributed by atoms with Crippen molar-refractivity contribution in [2.45, 2.75) is 25.6 Å². The molecule has 0 aliphatic rings. The number of rotatable bonds is 10. The van der Waals surface area contributed by atoms with E-state index in [1.54, 1.807) is 0 Å². The van der Waals surface area contributed by atoms with Gasteiger partial charge < -0.3 is 15.1 Å². The maximum absolute atomic E-state index is 5.53. The normalized spacial score (nSPS) is 11.3. The lowest BCUT2D eigenvalue weighted by atomic mass is 10.2. The molecule has 0 atom stereocenters. The summed E-state index contributed by atoms with van der Waals surface area (Å²) in [5, 5.41) is 6.86. The van der Waals surface area contributed by atoms with Gasteiger partial charge in [-0.1, -0.05) is 24.8 Å². The molecular formula is C16H28N2OSi. The predicted molar refractivity (Wildman–Crippen MR) is 91.8 cm³/mol. The first kappa shape index (κ1) is 16.9. The highest BCUT2D eigenvalue weighted by atomic mass is 28.4. The van der Waals surface area contributed by atoms with E-state index in [1.807, 2.05) is 13.2 Å². The van der Waals surface area contributed by atoms with Gasteiger partial charge in [0.25, 0.3) is 0 Å². The fourth-order valence-electron chi connectivity index (χ4n) is 1.90. The quantitative estimate of drug-likeness (QED) is 0.511. The van der Waals surface area contributed by atoms with Crippen molar-refractivity contribution >= 4 is 20.1 Å². The van der Waals surface area contributed by atoms with Crippen LogP contribution < -0.4 is 10.6 Å². The van der Waals surface area contributed by atoms with E-state index < -0.39 is 8.32 Å². The highest BCUT2D eigenvalue weighted by Gasteiger charge is 2.18. The van der Waals surface area contributed by atoms with Crippen molar-refractivity contribution in [3.8, 4) is 0 Å². The highest BCUT2D eigenvalue weighted by Crippen LogP contribution is 2.11. The second-order valence-corrected chi connectivity index (χ2v) is 10.00. The lowest BCUT2D eigenvalue weighted by Gasteiger charge is -2.19. The Morgan fingerprint density at radius 2 is 1.85 bits per heavy atom. The van der Waals surface area contributed by atoms with Crippen LogP contribution in [0.4, 0.5) is 5.69 Å². The SMILES string of the molecule is C=Cc1ccc(NCCNCCC[Si](C)(C)OC)cc1. The molecular weight excluding hydrogens is 264 g/mol. The van der Waals surface area contributed by atoms with Crippen LogP contribution in [0.1, 0.15) is 12.0 Å². The summed E-state index contributed by atoms with van der Waals surface area (Å²) in [4.78, 5) is 0. The van der Waals surface area contributed by atoms with Gasteiger partial charge >= 0.3 is 0 Å². The van der Waals surface area contributed by atoms with E-state index in [-0.39, 0.29) is 0 Å². The summed E-state index contributed by atoms with van der Waals surface area (Å²) in [7, 11) is 0.463. The zero-order chi connectivity index (χ0) is 14.8.